The number of hydrogen-bond donors (Lipinski definition) is 1. The van der Waals surface area contributed by atoms with E-state index in [4.69, 9.17) is 0 Å². The molecule has 1 aliphatic rings. The van der Waals surface area contributed by atoms with Crippen molar-refractivity contribution in [2.45, 2.75) is 33.2 Å². The van der Waals surface area contributed by atoms with Gasteiger partial charge in [-0.2, -0.15) is 0 Å². The molecule has 1 fully saturated rings. The maximum absolute atomic E-state index is 9.49. The van der Waals surface area contributed by atoms with E-state index in [1.54, 1.807) is 6.07 Å². The number of phenolic OH excluding ortho intramolecular Hbond substituents is 1. The van der Waals surface area contributed by atoms with Crippen LogP contribution in [0.5, 0.6) is 5.75 Å². The summed E-state index contributed by atoms with van der Waals surface area (Å²) in [6, 6.07) is 8.01. The molecule has 1 aromatic carbocycles. The molecule has 1 unspecified atom stereocenters. The van der Waals surface area contributed by atoms with Gasteiger partial charge < -0.3 is 5.11 Å². The molecule has 2 heteroatoms. The standard InChI is InChI=1S/C14H21NO/c1-11(12-5-4-6-13(16)9-12)15-8-7-14(2,3)10-15/h4-6,9,11,16H,7-8,10H2,1-3H3. The highest BCUT2D eigenvalue weighted by atomic mass is 16.3. The zero-order chi connectivity index (χ0) is 11.8. The van der Waals surface area contributed by atoms with Crippen LogP contribution in [0.25, 0.3) is 0 Å². The van der Waals surface area contributed by atoms with E-state index < -0.39 is 0 Å². The van der Waals surface area contributed by atoms with E-state index in [2.05, 4.69) is 31.7 Å². The van der Waals surface area contributed by atoms with Crippen molar-refractivity contribution in [2.24, 2.45) is 5.41 Å². The molecule has 1 aliphatic heterocycles. The third kappa shape index (κ3) is 2.38. The average molecular weight is 219 g/mol. The highest BCUT2D eigenvalue weighted by Gasteiger charge is 2.32. The summed E-state index contributed by atoms with van der Waals surface area (Å²) in [5.41, 5.74) is 1.64. The molecule has 2 nitrogen and oxygen atoms in total. The van der Waals surface area contributed by atoms with Crippen LogP contribution in [-0.2, 0) is 0 Å². The molecule has 0 aliphatic carbocycles. The number of aromatic hydroxyl groups is 1. The second-order valence-corrected chi connectivity index (χ2v) is 5.66. The van der Waals surface area contributed by atoms with Crippen LogP contribution in [0.2, 0.25) is 0 Å². The van der Waals surface area contributed by atoms with Crippen molar-refractivity contribution in [1.82, 2.24) is 4.90 Å². The Morgan fingerprint density at radius 3 is 2.69 bits per heavy atom. The molecule has 0 saturated carbocycles. The smallest absolute Gasteiger partial charge is 0.115 e. The van der Waals surface area contributed by atoms with Crippen molar-refractivity contribution in [3.63, 3.8) is 0 Å². The summed E-state index contributed by atoms with van der Waals surface area (Å²) in [5.74, 6) is 0.364. The summed E-state index contributed by atoms with van der Waals surface area (Å²) in [7, 11) is 0. The van der Waals surface area contributed by atoms with Crippen molar-refractivity contribution in [3.8, 4) is 5.75 Å². The molecule has 0 radical (unpaired) electrons. The Labute approximate surface area is 97.9 Å². The van der Waals surface area contributed by atoms with Crippen molar-refractivity contribution < 1.29 is 5.11 Å². The molecule has 1 N–H and O–H groups in total. The van der Waals surface area contributed by atoms with Crippen LogP contribution >= 0.6 is 0 Å². The second kappa shape index (κ2) is 4.10. The quantitative estimate of drug-likeness (QED) is 0.825. The van der Waals surface area contributed by atoms with Gasteiger partial charge in [0.25, 0.3) is 0 Å². The zero-order valence-electron chi connectivity index (χ0n) is 10.4. The van der Waals surface area contributed by atoms with Crippen LogP contribution in [0.1, 0.15) is 38.8 Å². The summed E-state index contributed by atoms with van der Waals surface area (Å²) >= 11 is 0. The minimum Gasteiger partial charge on any atom is -0.508 e. The van der Waals surface area contributed by atoms with Gasteiger partial charge in [-0.1, -0.05) is 26.0 Å². The monoisotopic (exact) mass is 219 g/mol. The maximum Gasteiger partial charge on any atom is 0.115 e. The average Bonchev–Trinajstić information content (AvgIpc) is 2.58. The fraction of sp³-hybridized carbons (Fsp3) is 0.571. The first-order valence-corrected chi connectivity index (χ1v) is 6.01. The van der Waals surface area contributed by atoms with Gasteiger partial charge in [0, 0.05) is 12.6 Å². The van der Waals surface area contributed by atoms with Gasteiger partial charge in [-0.25, -0.2) is 0 Å². The molecule has 0 bridgehead atoms. The third-order valence-corrected chi connectivity index (χ3v) is 3.61. The van der Waals surface area contributed by atoms with Crippen LogP contribution in [0.4, 0.5) is 0 Å². The van der Waals surface area contributed by atoms with Crippen molar-refractivity contribution in [2.75, 3.05) is 13.1 Å². The maximum atomic E-state index is 9.49. The lowest BCUT2D eigenvalue weighted by Crippen LogP contribution is -2.26. The molecule has 1 heterocycles. The second-order valence-electron chi connectivity index (χ2n) is 5.66. The Morgan fingerprint density at radius 1 is 1.38 bits per heavy atom. The first kappa shape index (κ1) is 11.5. The Morgan fingerprint density at radius 2 is 2.12 bits per heavy atom. The van der Waals surface area contributed by atoms with E-state index in [0.717, 1.165) is 13.1 Å². The van der Waals surface area contributed by atoms with E-state index in [9.17, 15) is 5.11 Å². The Hall–Kier alpha value is -1.02. The Bertz CT molecular complexity index is 373. The summed E-state index contributed by atoms with van der Waals surface area (Å²) < 4.78 is 0. The van der Waals surface area contributed by atoms with E-state index in [0.29, 0.717) is 17.2 Å². The molecular formula is C14H21NO. The lowest BCUT2D eigenvalue weighted by molar-refractivity contribution is 0.232. The molecule has 88 valence electrons. The molecule has 1 saturated heterocycles. The van der Waals surface area contributed by atoms with Gasteiger partial charge in [-0.05, 0) is 43.0 Å². The van der Waals surface area contributed by atoms with Gasteiger partial charge in [0.2, 0.25) is 0 Å². The van der Waals surface area contributed by atoms with Gasteiger partial charge in [0.1, 0.15) is 5.75 Å². The van der Waals surface area contributed by atoms with Crippen LogP contribution in [0.15, 0.2) is 24.3 Å². The van der Waals surface area contributed by atoms with E-state index in [1.807, 2.05) is 12.1 Å². The zero-order valence-corrected chi connectivity index (χ0v) is 10.4. The highest BCUT2D eigenvalue weighted by molar-refractivity contribution is 5.29. The van der Waals surface area contributed by atoms with Gasteiger partial charge in [0.15, 0.2) is 0 Å². The number of phenols is 1. The molecule has 1 atom stereocenters. The van der Waals surface area contributed by atoms with Crippen LogP contribution < -0.4 is 0 Å². The minimum atomic E-state index is 0.364. The molecule has 0 amide bonds. The molecule has 0 aromatic heterocycles. The van der Waals surface area contributed by atoms with Gasteiger partial charge in [-0.15, -0.1) is 0 Å². The number of nitrogens with zero attached hydrogens (tertiary/aromatic N) is 1. The van der Waals surface area contributed by atoms with Crippen LogP contribution in [0.3, 0.4) is 0 Å². The lowest BCUT2D eigenvalue weighted by Gasteiger charge is -2.26. The normalized spacial score (nSPS) is 22.2. The topological polar surface area (TPSA) is 23.5 Å². The fourth-order valence-corrected chi connectivity index (χ4v) is 2.48. The van der Waals surface area contributed by atoms with Crippen molar-refractivity contribution in [3.05, 3.63) is 29.8 Å². The first-order valence-electron chi connectivity index (χ1n) is 6.01. The summed E-state index contributed by atoms with van der Waals surface area (Å²) in [4.78, 5) is 2.49. The predicted octanol–water partition coefficient (Wildman–Crippen LogP) is 3.19. The molecule has 1 aromatic rings. The van der Waals surface area contributed by atoms with Crippen LogP contribution in [-0.4, -0.2) is 23.1 Å². The lowest BCUT2D eigenvalue weighted by atomic mass is 9.93. The highest BCUT2D eigenvalue weighted by Crippen LogP contribution is 2.34. The predicted molar refractivity (Wildman–Crippen MR) is 66.5 cm³/mol. The van der Waals surface area contributed by atoms with E-state index in [-0.39, 0.29) is 0 Å². The SMILES string of the molecule is CC(c1cccc(O)c1)N1CCC(C)(C)C1. The Kier molecular flexibility index (Phi) is 2.94. The molecule has 16 heavy (non-hydrogen) atoms. The first-order chi connectivity index (χ1) is 7.48. The van der Waals surface area contributed by atoms with Crippen molar-refractivity contribution >= 4 is 0 Å². The number of hydrogen-bond acceptors (Lipinski definition) is 2. The number of benzene rings is 1. The van der Waals surface area contributed by atoms with Crippen molar-refractivity contribution in [1.29, 1.82) is 0 Å². The van der Waals surface area contributed by atoms with Gasteiger partial charge in [0.05, 0.1) is 0 Å². The Balaban J connectivity index is 2.11. The number of rotatable bonds is 2. The largest absolute Gasteiger partial charge is 0.508 e. The van der Waals surface area contributed by atoms with E-state index >= 15 is 0 Å². The molecule has 0 spiro atoms. The molecule has 2 rings (SSSR count). The van der Waals surface area contributed by atoms with Gasteiger partial charge in [-0.3, -0.25) is 4.90 Å². The minimum absolute atomic E-state index is 0.364. The molecular weight excluding hydrogens is 198 g/mol. The summed E-state index contributed by atoms with van der Waals surface area (Å²) in [6.45, 7) is 9.16. The summed E-state index contributed by atoms with van der Waals surface area (Å²) in [6.07, 6.45) is 1.26. The number of likely N-dealkylation sites (tertiary alicyclic amines) is 1. The third-order valence-electron chi connectivity index (χ3n) is 3.61. The summed E-state index contributed by atoms with van der Waals surface area (Å²) in [5, 5.41) is 9.49. The van der Waals surface area contributed by atoms with Crippen LogP contribution in [0, 0.1) is 5.41 Å². The van der Waals surface area contributed by atoms with E-state index in [1.165, 1.54) is 12.0 Å². The fourth-order valence-electron chi connectivity index (χ4n) is 2.48. The van der Waals surface area contributed by atoms with Gasteiger partial charge >= 0.3 is 0 Å².